The Balaban J connectivity index is 2.41. The van der Waals surface area contributed by atoms with Crippen molar-refractivity contribution in [3.05, 3.63) is 53.7 Å². The summed E-state index contributed by atoms with van der Waals surface area (Å²) in [7, 11) is 1.98. The van der Waals surface area contributed by atoms with Gasteiger partial charge in [0.1, 0.15) is 0 Å². The smallest absolute Gasteiger partial charge is 0.0222 e. The molecule has 0 unspecified atom stereocenters. The second kappa shape index (κ2) is 3.48. The van der Waals surface area contributed by atoms with E-state index in [0.717, 1.165) is 6.42 Å². The van der Waals surface area contributed by atoms with Crippen molar-refractivity contribution in [3.63, 3.8) is 0 Å². The predicted molar refractivity (Wildman–Crippen MR) is 56.2 cm³/mol. The first-order chi connectivity index (χ1) is 6.42. The summed E-state index contributed by atoms with van der Waals surface area (Å²) in [5.74, 6) is 0. The van der Waals surface area contributed by atoms with Gasteiger partial charge < -0.3 is 5.32 Å². The van der Waals surface area contributed by atoms with Crippen LogP contribution < -0.4 is 5.32 Å². The Bertz CT molecular complexity index is 347. The third-order valence-corrected chi connectivity index (χ3v) is 2.32. The number of benzene rings is 1. The zero-order chi connectivity index (χ0) is 9.10. The molecule has 66 valence electrons. The quantitative estimate of drug-likeness (QED) is 0.721. The molecule has 0 fully saturated rings. The molecule has 1 aromatic carbocycles. The molecule has 13 heavy (non-hydrogen) atoms. The minimum absolute atomic E-state index is 1.03. The monoisotopic (exact) mass is 171 g/mol. The highest BCUT2D eigenvalue weighted by molar-refractivity contribution is 5.78. The van der Waals surface area contributed by atoms with Crippen LogP contribution in [0.1, 0.15) is 12.0 Å². The molecule has 1 heteroatoms. The van der Waals surface area contributed by atoms with Gasteiger partial charge in [0.05, 0.1) is 0 Å². The molecule has 0 spiro atoms. The number of hydrogen-bond acceptors (Lipinski definition) is 1. The molecule has 0 heterocycles. The Morgan fingerprint density at radius 2 is 1.92 bits per heavy atom. The fourth-order valence-corrected chi connectivity index (χ4v) is 1.63. The predicted octanol–water partition coefficient (Wildman–Crippen LogP) is 2.58. The summed E-state index contributed by atoms with van der Waals surface area (Å²) in [6, 6.07) is 10.5. The molecule has 0 amide bonds. The lowest BCUT2D eigenvalue weighted by molar-refractivity contribution is 0.957. The van der Waals surface area contributed by atoms with Crippen molar-refractivity contribution in [3.8, 4) is 0 Å². The van der Waals surface area contributed by atoms with Crippen LogP contribution in [0.4, 0.5) is 0 Å². The van der Waals surface area contributed by atoms with Gasteiger partial charge in [0.15, 0.2) is 0 Å². The van der Waals surface area contributed by atoms with Gasteiger partial charge in [-0.1, -0.05) is 42.5 Å². The van der Waals surface area contributed by atoms with Crippen LogP contribution in [-0.2, 0) is 0 Å². The summed E-state index contributed by atoms with van der Waals surface area (Å²) in [6.07, 6.45) is 5.40. The molecule has 0 saturated heterocycles. The van der Waals surface area contributed by atoms with Gasteiger partial charge in [-0.25, -0.2) is 0 Å². The van der Waals surface area contributed by atoms with E-state index in [9.17, 15) is 0 Å². The van der Waals surface area contributed by atoms with Crippen LogP contribution in [0.25, 0.3) is 5.57 Å². The molecule has 1 aliphatic rings. The van der Waals surface area contributed by atoms with Crippen molar-refractivity contribution in [2.24, 2.45) is 0 Å². The third-order valence-electron chi connectivity index (χ3n) is 2.32. The van der Waals surface area contributed by atoms with E-state index in [1.807, 2.05) is 13.1 Å². The molecule has 1 aliphatic carbocycles. The summed E-state index contributed by atoms with van der Waals surface area (Å²) in [5.41, 5.74) is 3.93. The van der Waals surface area contributed by atoms with E-state index < -0.39 is 0 Å². The van der Waals surface area contributed by atoms with Crippen molar-refractivity contribution in [1.29, 1.82) is 0 Å². The van der Waals surface area contributed by atoms with E-state index in [4.69, 9.17) is 0 Å². The number of allylic oxidation sites excluding steroid dienone is 3. The molecular weight excluding hydrogens is 158 g/mol. The maximum absolute atomic E-state index is 3.23. The number of nitrogens with one attached hydrogen (secondary N) is 1. The molecule has 1 nitrogen and oxygen atoms in total. The van der Waals surface area contributed by atoms with Crippen LogP contribution in [0.2, 0.25) is 0 Å². The molecule has 1 N–H and O–H groups in total. The van der Waals surface area contributed by atoms with Gasteiger partial charge in [0, 0.05) is 24.7 Å². The molecule has 0 radical (unpaired) electrons. The molecule has 0 aromatic heterocycles. The summed E-state index contributed by atoms with van der Waals surface area (Å²) < 4.78 is 0. The molecule has 0 aliphatic heterocycles. The molecule has 2 rings (SSSR count). The topological polar surface area (TPSA) is 12.0 Å². The van der Waals surface area contributed by atoms with E-state index >= 15 is 0 Å². The Morgan fingerprint density at radius 3 is 2.62 bits per heavy atom. The summed E-state index contributed by atoms with van der Waals surface area (Å²) in [4.78, 5) is 0. The molecule has 0 saturated carbocycles. The van der Waals surface area contributed by atoms with Gasteiger partial charge in [-0.15, -0.1) is 0 Å². The zero-order valence-electron chi connectivity index (χ0n) is 7.75. The van der Waals surface area contributed by atoms with E-state index in [0.29, 0.717) is 0 Å². The Hall–Kier alpha value is -1.50. The van der Waals surface area contributed by atoms with Gasteiger partial charge in [-0.3, -0.25) is 0 Å². The van der Waals surface area contributed by atoms with E-state index in [1.54, 1.807) is 0 Å². The van der Waals surface area contributed by atoms with Gasteiger partial charge >= 0.3 is 0 Å². The minimum Gasteiger partial charge on any atom is -0.391 e. The summed E-state index contributed by atoms with van der Waals surface area (Å²) >= 11 is 0. The van der Waals surface area contributed by atoms with Crippen LogP contribution in [0.3, 0.4) is 0 Å². The molecule has 1 aromatic rings. The molecule has 0 atom stereocenters. The number of rotatable bonds is 2. The highest BCUT2D eigenvalue weighted by Gasteiger charge is 2.08. The normalized spacial score (nSPS) is 15.2. The van der Waals surface area contributed by atoms with Crippen LogP contribution in [0.15, 0.2) is 48.2 Å². The average Bonchev–Trinajstić information content (AvgIpc) is 2.67. The second-order valence-corrected chi connectivity index (χ2v) is 3.11. The highest BCUT2D eigenvalue weighted by atomic mass is 14.8. The van der Waals surface area contributed by atoms with Crippen LogP contribution in [0, 0.1) is 0 Å². The van der Waals surface area contributed by atoms with E-state index in [-0.39, 0.29) is 0 Å². The Labute approximate surface area is 78.8 Å². The molecular formula is C12H13N. The van der Waals surface area contributed by atoms with Crippen LogP contribution in [0.5, 0.6) is 0 Å². The van der Waals surface area contributed by atoms with Gasteiger partial charge in [-0.2, -0.15) is 0 Å². The van der Waals surface area contributed by atoms with E-state index in [1.165, 1.54) is 16.8 Å². The first-order valence-electron chi connectivity index (χ1n) is 4.54. The maximum Gasteiger partial charge on any atom is 0.0222 e. The number of hydrogen-bond donors (Lipinski definition) is 1. The largest absolute Gasteiger partial charge is 0.391 e. The minimum atomic E-state index is 1.03. The Kier molecular flexibility index (Phi) is 2.17. The van der Waals surface area contributed by atoms with Crippen molar-refractivity contribution < 1.29 is 0 Å². The van der Waals surface area contributed by atoms with Gasteiger partial charge in [0.25, 0.3) is 0 Å². The van der Waals surface area contributed by atoms with Crippen molar-refractivity contribution in [2.45, 2.75) is 6.42 Å². The van der Waals surface area contributed by atoms with Crippen molar-refractivity contribution >= 4 is 5.57 Å². The van der Waals surface area contributed by atoms with Crippen molar-refractivity contribution in [2.75, 3.05) is 7.05 Å². The van der Waals surface area contributed by atoms with Crippen LogP contribution >= 0.6 is 0 Å². The first kappa shape index (κ1) is 8.11. The fourth-order valence-electron chi connectivity index (χ4n) is 1.63. The van der Waals surface area contributed by atoms with Gasteiger partial charge in [-0.05, 0) is 5.56 Å². The highest BCUT2D eigenvalue weighted by Crippen LogP contribution is 2.25. The zero-order valence-corrected chi connectivity index (χ0v) is 7.75. The first-order valence-corrected chi connectivity index (χ1v) is 4.54. The SMILES string of the molecule is CNC1=C(c2ccccc2)C=CC1. The molecule has 0 bridgehead atoms. The van der Waals surface area contributed by atoms with Crippen LogP contribution in [-0.4, -0.2) is 7.05 Å². The fraction of sp³-hybridized carbons (Fsp3) is 0.167. The summed E-state index contributed by atoms with van der Waals surface area (Å²) in [6.45, 7) is 0. The lowest BCUT2D eigenvalue weighted by Crippen LogP contribution is -2.04. The summed E-state index contributed by atoms with van der Waals surface area (Å²) in [5, 5.41) is 3.23. The average molecular weight is 171 g/mol. The second-order valence-electron chi connectivity index (χ2n) is 3.11. The lowest BCUT2D eigenvalue weighted by Gasteiger charge is -2.05. The maximum atomic E-state index is 3.23. The van der Waals surface area contributed by atoms with Gasteiger partial charge in [0.2, 0.25) is 0 Å². The van der Waals surface area contributed by atoms with E-state index in [2.05, 4.69) is 41.7 Å². The lowest BCUT2D eigenvalue weighted by atomic mass is 10.1. The van der Waals surface area contributed by atoms with Crippen molar-refractivity contribution in [1.82, 2.24) is 5.32 Å². The third kappa shape index (κ3) is 1.50. The standard InChI is InChI=1S/C12H13N/c1-13-12-9-5-8-11(12)10-6-3-2-4-7-10/h2-8,13H,9H2,1H3. The Morgan fingerprint density at radius 1 is 1.15 bits per heavy atom.